The van der Waals surface area contributed by atoms with Gasteiger partial charge < -0.3 is 10.6 Å². The van der Waals surface area contributed by atoms with Crippen molar-refractivity contribution in [3.63, 3.8) is 0 Å². The summed E-state index contributed by atoms with van der Waals surface area (Å²) in [5.41, 5.74) is 1.58. The quantitative estimate of drug-likeness (QED) is 0.721. The molecule has 144 valence electrons. The number of sulfonamides is 1. The monoisotopic (exact) mass is 381 g/mol. The Morgan fingerprint density at radius 2 is 1.88 bits per heavy atom. The van der Waals surface area contributed by atoms with Gasteiger partial charge in [-0.15, -0.1) is 0 Å². The van der Waals surface area contributed by atoms with Crippen molar-refractivity contribution in [1.82, 2.24) is 14.9 Å². The topological polar surface area (TPSA) is 95.6 Å². The SMILES string of the molecule is CCCNC(=O)C(=O)NC[C@@H]1CCCN1S(=O)(=O)c1cc(C)ccc1C. The number of aryl methyl sites for hydroxylation is 2. The third-order valence-corrected chi connectivity index (χ3v) is 6.59. The van der Waals surface area contributed by atoms with Gasteiger partial charge in [0.15, 0.2) is 0 Å². The number of nitrogens with zero attached hydrogens (tertiary/aromatic N) is 1. The lowest BCUT2D eigenvalue weighted by molar-refractivity contribution is -0.139. The van der Waals surface area contributed by atoms with Crippen LogP contribution in [0.3, 0.4) is 0 Å². The van der Waals surface area contributed by atoms with E-state index >= 15 is 0 Å². The van der Waals surface area contributed by atoms with E-state index in [-0.39, 0.29) is 12.6 Å². The van der Waals surface area contributed by atoms with Crippen molar-refractivity contribution < 1.29 is 18.0 Å². The van der Waals surface area contributed by atoms with E-state index in [1.165, 1.54) is 4.31 Å². The van der Waals surface area contributed by atoms with Gasteiger partial charge in [0, 0.05) is 25.7 Å². The molecule has 1 aliphatic rings. The molecule has 0 aliphatic carbocycles. The molecule has 1 atom stereocenters. The number of amides is 2. The Morgan fingerprint density at radius 3 is 2.58 bits per heavy atom. The average Bonchev–Trinajstić information content (AvgIpc) is 3.08. The van der Waals surface area contributed by atoms with Gasteiger partial charge in [0.2, 0.25) is 10.0 Å². The van der Waals surface area contributed by atoms with E-state index in [0.717, 1.165) is 18.4 Å². The van der Waals surface area contributed by atoms with E-state index in [2.05, 4.69) is 10.6 Å². The molecule has 7 nitrogen and oxygen atoms in total. The number of hydrogen-bond acceptors (Lipinski definition) is 4. The van der Waals surface area contributed by atoms with Gasteiger partial charge in [-0.1, -0.05) is 19.1 Å². The van der Waals surface area contributed by atoms with Crippen LogP contribution < -0.4 is 10.6 Å². The molecule has 2 N–H and O–H groups in total. The molecule has 1 saturated heterocycles. The molecule has 0 bridgehead atoms. The van der Waals surface area contributed by atoms with Gasteiger partial charge in [0.25, 0.3) is 0 Å². The highest BCUT2D eigenvalue weighted by Gasteiger charge is 2.36. The molecule has 1 aromatic rings. The van der Waals surface area contributed by atoms with Crippen LogP contribution in [0.2, 0.25) is 0 Å². The largest absolute Gasteiger partial charge is 0.348 e. The van der Waals surface area contributed by atoms with E-state index in [4.69, 9.17) is 0 Å². The van der Waals surface area contributed by atoms with Crippen molar-refractivity contribution in [1.29, 1.82) is 0 Å². The lowest BCUT2D eigenvalue weighted by Crippen LogP contribution is -2.47. The van der Waals surface area contributed by atoms with Crippen LogP contribution in [0.15, 0.2) is 23.1 Å². The minimum Gasteiger partial charge on any atom is -0.348 e. The second kappa shape index (κ2) is 8.64. The first kappa shape index (κ1) is 20.4. The number of rotatable bonds is 6. The summed E-state index contributed by atoms with van der Waals surface area (Å²) in [6.07, 6.45) is 2.12. The number of hydrogen-bond donors (Lipinski definition) is 2. The first-order valence-electron chi connectivity index (χ1n) is 8.92. The smallest absolute Gasteiger partial charge is 0.309 e. The Labute approximate surface area is 155 Å². The van der Waals surface area contributed by atoms with E-state index in [0.29, 0.717) is 30.0 Å². The summed E-state index contributed by atoms with van der Waals surface area (Å²) in [6.45, 7) is 6.50. The Bertz CT molecular complexity index is 777. The lowest BCUT2D eigenvalue weighted by atomic mass is 10.2. The van der Waals surface area contributed by atoms with Crippen molar-refractivity contribution in [2.75, 3.05) is 19.6 Å². The highest BCUT2D eigenvalue weighted by molar-refractivity contribution is 7.89. The fraction of sp³-hybridized carbons (Fsp3) is 0.556. The normalized spacial score (nSPS) is 17.9. The van der Waals surface area contributed by atoms with Crippen molar-refractivity contribution >= 4 is 21.8 Å². The molecule has 1 heterocycles. The maximum Gasteiger partial charge on any atom is 0.309 e. The van der Waals surface area contributed by atoms with Crippen LogP contribution in [0.25, 0.3) is 0 Å². The van der Waals surface area contributed by atoms with Crippen LogP contribution in [-0.4, -0.2) is 50.2 Å². The van der Waals surface area contributed by atoms with Crippen LogP contribution in [-0.2, 0) is 19.6 Å². The van der Waals surface area contributed by atoms with Gasteiger partial charge in [-0.3, -0.25) is 9.59 Å². The summed E-state index contributed by atoms with van der Waals surface area (Å²) in [7, 11) is -3.64. The summed E-state index contributed by atoms with van der Waals surface area (Å²) >= 11 is 0. The Balaban J connectivity index is 2.08. The second-order valence-electron chi connectivity index (χ2n) is 6.65. The molecule has 1 fully saturated rings. The van der Waals surface area contributed by atoms with Crippen molar-refractivity contribution in [3.8, 4) is 0 Å². The average molecular weight is 381 g/mol. The van der Waals surface area contributed by atoms with Crippen molar-refractivity contribution in [2.24, 2.45) is 0 Å². The second-order valence-corrected chi connectivity index (χ2v) is 8.51. The maximum atomic E-state index is 13.1. The van der Waals surface area contributed by atoms with Crippen molar-refractivity contribution in [3.05, 3.63) is 29.3 Å². The molecule has 0 spiro atoms. The zero-order chi connectivity index (χ0) is 19.3. The first-order chi connectivity index (χ1) is 12.3. The van der Waals surface area contributed by atoms with Gasteiger partial charge >= 0.3 is 11.8 Å². The summed E-state index contributed by atoms with van der Waals surface area (Å²) < 4.78 is 27.6. The highest BCUT2D eigenvalue weighted by Crippen LogP contribution is 2.28. The molecular weight excluding hydrogens is 354 g/mol. The van der Waals surface area contributed by atoms with Crippen LogP contribution in [0.5, 0.6) is 0 Å². The fourth-order valence-electron chi connectivity index (χ4n) is 3.05. The van der Waals surface area contributed by atoms with E-state index in [1.54, 1.807) is 19.1 Å². The van der Waals surface area contributed by atoms with E-state index in [9.17, 15) is 18.0 Å². The van der Waals surface area contributed by atoms with Gasteiger partial charge in [-0.05, 0) is 50.3 Å². The third kappa shape index (κ3) is 4.62. The number of benzene rings is 1. The Hall–Kier alpha value is -1.93. The molecular formula is C18H27N3O4S. The summed E-state index contributed by atoms with van der Waals surface area (Å²) in [4.78, 5) is 23.8. The van der Waals surface area contributed by atoms with E-state index in [1.807, 2.05) is 19.9 Å². The van der Waals surface area contributed by atoms with Crippen LogP contribution in [0, 0.1) is 13.8 Å². The van der Waals surface area contributed by atoms with Gasteiger partial charge in [-0.2, -0.15) is 4.31 Å². The molecule has 26 heavy (non-hydrogen) atoms. The third-order valence-electron chi connectivity index (χ3n) is 4.49. The summed E-state index contributed by atoms with van der Waals surface area (Å²) in [6, 6.07) is 5.01. The highest BCUT2D eigenvalue weighted by atomic mass is 32.2. The first-order valence-corrected chi connectivity index (χ1v) is 10.4. The zero-order valence-electron chi connectivity index (χ0n) is 15.5. The number of carbonyl (C=O) groups is 2. The maximum absolute atomic E-state index is 13.1. The minimum atomic E-state index is -3.64. The van der Waals surface area contributed by atoms with Gasteiger partial charge in [0.1, 0.15) is 0 Å². The fourth-order valence-corrected chi connectivity index (χ4v) is 5.06. The zero-order valence-corrected chi connectivity index (χ0v) is 16.4. The molecule has 0 unspecified atom stereocenters. The summed E-state index contributed by atoms with van der Waals surface area (Å²) in [5, 5.41) is 5.06. The predicted molar refractivity (Wildman–Crippen MR) is 99.1 cm³/mol. The predicted octanol–water partition coefficient (Wildman–Crippen LogP) is 1.10. The molecule has 0 aromatic heterocycles. The van der Waals surface area contributed by atoms with E-state index < -0.39 is 21.8 Å². The minimum absolute atomic E-state index is 0.127. The Kier molecular flexibility index (Phi) is 6.77. The standard InChI is InChI=1S/C18H27N3O4S/c1-4-9-19-17(22)18(23)20-12-15-6-5-10-21(15)26(24,25)16-11-13(2)7-8-14(16)3/h7-8,11,15H,4-6,9-10,12H2,1-3H3,(H,19,22)(H,20,23)/t15-/m0/s1. The molecule has 2 amide bonds. The Morgan fingerprint density at radius 1 is 1.19 bits per heavy atom. The lowest BCUT2D eigenvalue weighted by Gasteiger charge is -2.25. The molecule has 1 aromatic carbocycles. The van der Waals surface area contributed by atoms with Gasteiger partial charge in [-0.25, -0.2) is 8.42 Å². The molecule has 1 aliphatic heterocycles. The van der Waals surface area contributed by atoms with Crippen LogP contribution in [0.4, 0.5) is 0 Å². The van der Waals surface area contributed by atoms with Gasteiger partial charge in [0.05, 0.1) is 4.90 Å². The number of carbonyl (C=O) groups excluding carboxylic acids is 2. The van der Waals surface area contributed by atoms with Crippen molar-refractivity contribution in [2.45, 2.75) is 51.0 Å². The number of nitrogens with one attached hydrogen (secondary N) is 2. The molecule has 0 saturated carbocycles. The molecule has 8 heteroatoms. The van der Waals surface area contributed by atoms with Crippen LogP contribution >= 0.6 is 0 Å². The molecule has 0 radical (unpaired) electrons. The molecule has 2 rings (SSSR count). The summed E-state index contributed by atoms with van der Waals surface area (Å²) in [5.74, 6) is -1.41. The van der Waals surface area contributed by atoms with Crippen LogP contribution in [0.1, 0.15) is 37.3 Å².